The number of benzene rings is 4. The van der Waals surface area contributed by atoms with Gasteiger partial charge in [-0.1, -0.05) is 0 Å². The molecule has 0 saturated carbocycles. The predicted octanol–water partition coefficient (Wildman–Crippen LogP) is 3.22. The molecule has 0 amide bonds. The summed E-state index contributed by atoms with van der Waals surface area (Å²) in [7, 11) is 1.52. The quantitative estimate of drug-likeness (QED) is 0.400. The molecular formula is C26H22O4Sn. The second-order valence-corrected chi connectivity index (χ2v) is 16.5. The maximum atomic E-state index is 13.5. The summed E-state index contributed by atoms with van der Waals surface area (Å²) in [6, 6.07) is 34.3. The summed E-state index contributed by atoms with van der Waals surface area (Å²) < 4.78 is 14.8. The van der Waals surface area contributed by atoms with Gasteiger partial charge in [-0.05, 0) is 0 Å². The number of carbonyl (C=O) groups excluding carboxylic acids is 1. The number of aromatic hydroxyl groups is 1. The van der Waals surface area contributed by atoms with E-state index < -0.39 is 24.8 Å². The third-order valence-corrected chi connectivity index (χ3v) is 16.4. The number of methoxy groups -OCH3 is 1. The van der Waals surface area contributed by atoms with Crippen molar-refractivity contribution in [3.63, 3.8) is 0 Å². The van der Waals surface area contributed by atoms with Crippen LogP contribution in [0.3, 0.4) is 0 Å². The van der Waals surface area contributed by atoms with Gasteiger partial charge in [-0.2, -0.15) is 0 Å². The molecular weight excluding hydrogens is 495 g/mol. The monoisotopic (exact) mass is 518 g/mol. The van der Waals surface area contributed by atoms with E-state index in [0.29, 0.717) is 5.75 Å². The number of phenolic OH excluding ortho intramolecular Hbond substituents is 1. The Balaban J connectivity index is 1.94. The van der Waals surface area contributed by atoms with Gasteiger partial charge in [0.25, 0.3) is 0 Å². The van der Waals surface area contributed by atoms with Crippen LogP contribution in [0.25, 0.3) is 0 Å². The second-order valence-electron chi connectivity index (χ2n) is 7.05. The van der Waals surface area contributed by atoms with Crippen LogP contribution in [-0.2, 0) is 3.07 Å². The van der Waals surface area contributed by atoms with Crippen molar-refractivity contribution in [3.8, 4) is 11.5 Å². The second kappa shape index (κ2) is 9.27. The van der Waals surface area contributed by atoms with Crippen molar-refractivity contribution in [3.05, 3.63) is 115 Å². The van der Waals surface area contributed by atoms with Crippen molar-refractivity contribution in [2.24, 2.45) is 0 Å². The number of rotatable bonds is 6. The Morgan fingerprint density at radius 3 is 1.58 bits per heavy atom. The molecule has 0 radical (unpaired) electrons. The Bertz CT molecular complexity index is 1070. The Hall–Kier alpha value is -3.25. The van der Waals surface area contributed by atoms with E-state index in [2.05, 4.69) is 0 Å². The Morgan fingerprint density at radius 1 is 0.710 bits per heavy atom. The number of carbonyl (C=O) groups is 1. The molecule has 0 aliphatic rings. The molecule has 0 saturated heterocycles. The molecule has 0 spiro atoms. The zero-order chi connectivity index (χ0) is 21.7. The molecule has 0 aromatic heterocycles. The first-order valence-electron chi connectivity index (χ1n) is 9.92. The van der Waals surface area contributed by atoms with Crippen LogP contribution in [0.2, 0.25) is 0 Å². The molecule has 0 aliphatic carbocycles. The van der Waals surface area contributed by atoms with Crippen LogP contribution < -0.4 is 15.5 Å². The van der Waals surface area contributed by atoms with Crippen molar-refractivity contribution in [2.45, 2.75) is 0 Å². The molecule has 4 aromatic rings. The van der Waals surface area contributed by atoms with Gasteiger partial charge in [-0.15, -0.1) is 0 Å². The minimum absolute atomic E-state index is 0.0863. The SMILES string of the molecule is COc1ccc(O)c(C(=O)[O][Sn]([c]2ccccc2)([c]2ccccc2)[c]2ccccc2)c1. The standard InChI is InChI=1S/C8H8O4.3C6H5.Sn/c1-12-5-2-3-7(9)6(4-5)8(10)11;3*1-2-4-6-5-3-1;/h2-4,9H,1H3,(H,10,11);3*1-5H;/q;;;;+1/p-1. The third-order valence-electron chi connectivity index (χ3n) is 5.21. The van der Waals surface area contributed by atoms with E-state index in [1.54, 1.807) is 6.07 Å². The van der Waals surface area contributed by atoms with Gasteiger partial charge in [0.2, 0.25) is 0 Å². The van der Waals surface area contributed by atoms with Crippen molar-refractivity contribution >= 4 is 35.5 Å². The van der Waals surface area contributed by atoms with Crippen molar-refractivity contribution in [1.29, 1.82) is 0 Å². The van der Waals surface area contributed by atoms with Crippen LogP contribution in [-0.4, -0.2) is 37.0 Å². The van der Waals surface area contributed by atoms with Gasteiger partial charge in [-0.25, -0.2) is 0 Å². The van der Waals surface area contributed by atoms with E-state index in [9.17, 15) is 9.90 Å². The molecule has 4 rings (SSSR count). The van der Waals surface area contributed by atoms with E-state index in [1.165, 1.54) is 19.2 Å². The van der Waals surface area contributed by atoms with Crippen LogP contribution >= 0.6 is 0 Å². The molecule has 0 aliphatic heterocycles. The average molecular weight is 517 g/mol. The summed E-state index contributed by atoms with van der Waals surface area (Å²) in [6.07, 6.45) is 0. The molecule has 4 aromatic carbocycles. The van der Waals surface area contributed by atoms with E-state index in [0.717, 1.165) is 10.7 Å². The summed E-state index contributed by atoms with van der Waals surface area (Å²) in [4.78, 5) is 13.5. The molecule has 31 heavy (non-hydrogen) atoms. The Kier molecular flexibility index (Phi) is 6.28. The molecule has 0 unspecified atom stereocenters. The van der Waals surface area contributed by atoms with E-state index >= 15 is 0 Å². The van der Waals surface area contributed by atoms with E-state index in [1.807, 2.05) is 91.0 Å². The van der Waals surface area contributed by atoms with Crippen LogP contribution in [0, 0.1) is 0 Å². The number of hydrogen-bond donors (Lipinski definition) is 1. The average Bonchev–Trinajstić information content (AvgIpc) is 2.84. The fraction of sp³-hybridized carbons (Fsp3) is 0.0385. The molecule has 0 heterocycles. The molecule has 0 bridgehead atoms. The fourth-order valence-electron chi connectivity index (χ4n) is 3.70. The molecule has 0 atom stereocenters. The first kappa shape index (κ1) is 21.0. The van der Waals surface area contributed by atoms with Gasteiger partial charge in [0.05, 0.1) is 0 Å². The Morgan fingerprint density at radius 2 is 1.16 bits per heavy atom. The number of ether oxygens (including phenoxy) is 1. The van der Waals surface area contributed by atoms with Crippen LogP contribution in [0.15, 0.2) is 109 Å². The first-order valence-corrected chi connectivity index (χ1v) is 15.4. The molecule has 1 N–H and O–H groups in total. The minimum atomic E-state index is -4.25. The number of hydrogen-bond acceptors (Lipinski definition) is 4. The van der Waals surface area contributed by atoms with E-state index in [-0.39, 0.29) is 11.3 Å². The van der Waals surface area contributed by atoms with Gasteiger partial charge in [0.15, 0.2) is 0 Å². The predicted molar refractivity (Wildman–Crippen MR) is 124 cm³/mol. The molecule has 5 heteroatoms. The first-order chi connectivity index (χ1) is 15.1. The molecule has 0 fully saturated rings. The third kappa shape index (κ3) is 4.16. The zero-order valence-corrected chi connectivity index (χ0v) is 19.9. The van der Waals surface area contributed by atoms with Crippen molar-refractivity contribution in [1.82, 2.24) is 0 Å². The normalized spacial score (nSPS) is 11.0. The summed E-state index contributed by atoms with van der Waals surface area (Å²) in [6.45, 7) is 0. The van der Waals surface area contributed by atoms with Gasteiger partial charge in [0, 0.05) is 0 Å². The van der Waals surface area contributed by atoms with Gasteiger partial charge >= 0.3 is 187 Å². The molecule has 4 nitrogen and oxygen atoms in total. The van der Waals surface area contributed by atoms with E-state index in [4.69, 9.17) is 7.81 Å². The van der Waals surface area contributed by atoms with Crippen LogP contribution in [0.4, 0.5) is 0 Å². The van der Waals surface area contributed by atoms with Gasteiger partial charge < -0.3 is 0 Å². The van der Waals surface area contributed by atoms with Crippen molar-refractivity contribution in [2.75, 3.05) is 7.11 Å². The summed E-state index contributed by atoms with van der Waals surface area (Å²) in [5, 5.41) is 10.4. The topological polar surface area (TPSA) is 55.8 Å². The summed E-state index contributed by atoms with van der Waals surface area (Å²) in [5.74, 6) is -0.228. The maximum absolute atomic E-state index is 13.5. The van der Waals surface area contributed by atoms with Gasteiger partial charge in [-0.3, -0.25) is 0 Å². The molecule has 154 valence electrons. The van der Waals surface area contributed by atoms with Crippen LogP contribution in [0.5, 0.6) is 11.5 Å². The fourth-order valence-corrected chi connectivity index (χ4v) is 14.3. The van der Waals surface area contributed by atoms with Gasteiger partial charge in [0.1, 0.15) is 0 Å². The number of phenols is 1. The summed E-state index contributed by atoms with van der Waals surface area (Å²) >= 11 is -4.25. The summed E-state index contributed by atoms with van der Waals surface area (Å²) in [5.41, 5.74) is 0.0863. The zero-order valence-electron chi connectivity index (χ0n) is 17.1. The van der Waals surface area contributed by atoms with Crippen molar-refractivity contribution < 1.29 is 17.7 Å². The van der Waals surface area contributed by atoms with Crippen LogP contribution in [0.1, 0.15) is 10.4 Å². The Labute approximate surface area is 186 Å².